The van der Waals surface area contributed by atoms with Gasteiger partial charge in [0, 0.05) is 24.7 Å². The molecule has 2 aromatic rings. The second-order valence-electron chi connectivity index (χ2n) is 5.84. The van der Waals surface area contributed by atoms with E-state index in [4.69, 9.17) is 21.1 Å². The standard InChI is InChI=1S/C19H21ClN2O3/c1-24-15-6-7-18(25-2)16(11-15)19(23)22-9-8-21-12-17(22)13-4-3-5-14(20)10-13/h3-7,10-11,17,21H,8-9,12H2,1-2H3. The zero-order valence-electron chi connectivity index (χ0n) is 14.3. The Labute approximate surface area is 152 Å². The molecule has 1 unspecified atom stereocenters. The first-order chi connectivity index (χ1) is 12.1. The third-order valence-electron chi connectivity index (χ3n) is 4.37. The molecule has 1 aliphatic heterocycles. The SMILES string of the molecule is COc1ccc(OC)c(C(=O)N2CCNCC2c2cccc(Cl)c2)c1. The highest BCUT2D eigenvalue weighted by Gasteiger charge is 2.30. The molecular formula is C19H21ClN2O3. The van der Waals surface area contributed by atoms with E-state index in [-0.39, 0.29) is 11.9 Å². The molecule has 0 saturated carbocycles. The monoisotopic (exact) mass is 360 g/mol. The molecule has 1 atom stereocenters. The van der Waals surface area contributed by atoms with Crippen molar-refractivity contribution in [3.63, 3.8) is 0 Å². The number of hydrogen-bond acceptors (Lipinski definition) is 4. The number of rotatable bonds is 4. The van der Waals surface area contributed by atoms with Crippen LogP contribution in [0.25, 0.3) is 0 Å². The number of methoxy groups -OCH3 is 2. The summed E-state index contributed by atoms with van der Waals surface area (Å²) in [4.78, 5) is 15.1. The second-order valence-corrected chi connectivity index (χ2v) is 6.28. The van der Waals surface area contributed by atoms with E-state index in [1.807, 2.05) is 29.2 Å². The number of carbonyl (C=O) groups excluding carboxylic acids is 1. The molecule has 1 amide bonds. The summed E-state index contributed by atoms with van der Waals surface area (Å²) in [6, 6.07) is 12.8. The van der Waals surface area contributed by atoms with Crippen molar-refractivity contribution < 1.29 is 14.3 Å². The van der Waals surface area contributed by atoms with E-state index < -0.39 is 0 Å². The fraction of sp³-hybridized carbons (Fsp3) is 0.316. The Hall–Kier alpha value is -2.24. The van der Waals surface area contributed by atoms with Crippen LogP contribution >= 0.6 is 11.6 Å². The van der Waals surface area contributed by atoms with Crippen molar-refractivity contribution in [3.8, 4) is 11.5 Å². The van der Waals surface area contributed by atoms with Gasteiger partial charge in [-0.3, -0.25) is 4.79 Å². The lowest BCUT2D eigenvalue weighted by Crippen LogP contribution is -2.48. The largest absolute Gasteiger partial charge is 0.497 e. The Morgan fingerprint density at radius 3 is 2.76 bits per heavy atom. The first-order valence-electron chi connectivity index (χ1n) is 8.13. The van der Waals surface area contributed by atoms with Gasteiger partial charge in [0.2, 0.25) is 0 Å². The summed E-state index contributed by atoms with van der Waals surface area (Å²) in [5.41, 5.74) is 1.51. The maximum atomic E-state index is 13.2. The van der Waals surface area contributed by atoms with Gasteiger partial charge in [0.05, 0.1) is 25.8 Å². The van der Waals surface area contributed by atoms with E-state index in [0.29, 0.717) is 35.2 Å². The minimum Gasteiger partial charge on any atom is -0.497 e. The Kier molecular flexibility index (Phi) is 5.46. The minimum atomic E-state index is -0.0872. The van der Waals surface area contributed by atoms with Gasteiger partial charge in [-0.1, -0.05) is 23.7 Å². The van der Waals surface area contributed by atoms with E-state index in [9.17, 15) is 4.79 Å². The van der Waals surface area contributed by atoms with Gasteiger partial charge in [-0.2, -0.15) is 0 Å². The average molecular weight is 361 g/mol. The van der Waals surface area contributed by atoms with E-state index in [1.54, 1.807) is 32.4 Å². The molecule has 1 aliphatic rings. The predicted molar refractivity (Wildman–Crippen MR) is 97.6 cm³/mol. The molecule has 0 aliphatic carbocycles. The molecule has 1 fully saturated rings. The summed E-state index contributed by atoms with van der Waals surface area (Å²) in [5, 5.41) is 4.01. The number of nitrogens with one attached hydrogen (secondary N) is 1. The Balaban J connectivity index is 1.96. The van der Waals surface area contributed by atoms with E-state index in [2.05, 4.69) is 5.32 Å². The molecule has 6 heteroatoms. The van der Waals surface area contributed by atoms with Gasteiger partial charge >= 0.3 is 0 Å². The van der Waals surface area contributed by atoms with Crippen molar-refractivity contribution >= 4 is 17.5 Å². The van der Waals surface area contributed by atoms with Crippen LogP contribution in [0, 0.1) is 0 Å². The fourth-order valence-electron chi connectivity index (χ4n) is 3.09. The molecule has 1 heterocycles. The lowest BCUT2D eigenvalue weighted by Gasteiger charge is -2.37. The van der Waals surface area contributed by atoms with Crippen molar-refractivity contribution in [2.24, 2.45) is 0 Å². The van der Waals surface area contributed by atoms with Crippen molar-refractivity contribution in [2.75, 3.05) is 33.9 Å². The summed E-state index contributed by atoms with van der Waals surface area (Å²) in [5.74, 6) is 1.08. The van der Waals surface area contributed by atoms with Gasteiger partial charge in [-0.25, -0.2) is 0 Å². The average Bonchev–Trinajstić information content (AvgIpc) is 2.67. The van der Waals surface area contributed by atoms with Crippen molar-refractivity contribution in [1.82, 2.24) is 10.2 Å². The van der Waals surface area contributed by atoms with Gasteiger partial charge in [0.1, 0.15) is 11.5 Å². The number of halogens is 1. The third-order valence-corrected chi connectivity index (χ3v) is 4.61. The number of carbonyl (C=O) groups is 1. The Bertz CT molecular complexity index is 766. The normalized spacial score (nSPS) is 17.2. The number of amides is 1. The number of ether oxygens (including phenoxy) is 2. The summed E-state index contributed by atoms with van der Waals surface area (Å²) >= 11 is 6.14. The molecule has 0 aromatic heterocycles. The number of hydrogen-bond donors (Lipinski definition) is 1. The van der Waals surface area contributed by atoms with Gasteiger partial charge in [-0.05, 0) is 35.9 Å². The fourth-order valence-corrected chi connectivity index (χ4v) is 3.29. The van der Waals surface area contributed by atoms with Gasteiger partial charge in [-0.15, -0.1) is 0 Å². The van der Waals surface area contributed by atoms with E-state index in [0.717, 1.165) is 12.1 Å². The summed E-state index contributed by atoms with van der Waals surface area (Å²) in [6.07, 6.45) is 0. The molecule has 0 bridgehead atoms. The molecule has 0 radical (unpaired) electrons. The van der Waals surface area contributed by atoms with E-state index >= 15 is 0 Å². The van der Waals surface area contributed by atoms with Crippen LogP contribution in [0.15, 0.2) is 42.5 Å². The highest BCUT2D eigenvalue weighted by atomic mass is 35.5. The summed E-state index contributed by atoms with van der Waals surface area (Å²) < 4.78 is 10.6. The first kappa shape index (κ1) is 17.6. The molecule has 0 spiro atoms. The number of benzene rings is 2. The zero-order chi connectivity index (χ0) is 17.8. The third kappa shape index (κ3) is 3.72. The summed E-state index contributed by atoms with van der Waals surface area (Å²) in [6.45, 7) is 2.03. The molecule has 5 nitrogen and oxygen atoms in total. The van der Waals surface area contributed by atoms with Gasteiger partial charge in [0.15, 0.2) is 0 Å². The highest BCUT2D eigenvalue weighted by Crippen LogP contribution is 2.30. The lowest BCUT2D eigenvalue weighted by molar-refractivity contribution is 0.0630. The molecule has 2 aromatic carbocycles. The van der Waals surface area contributed by atoms with E-state index in [1.165, 1.54) is 0 Å². The maximum absolute atomic E-state index is 13.2. The van der Waals surface area contributed by atoms with Crippen molar-refractivity contribution in [3.05, 3.63) is 58.6 Å². The Morgan fingerprint density at radius 1 is 1.20 bits per heavy atom. The lowest BCUT2D eigenvalue weighted by atomic mass is 10.0. The van der Waals surface area contributed by atoms with Gasteiger partial charge < -0.3 is 19.7 Å². The molecule has 25 heavy (non-hydrogen) atoms. The zero-order valence-corrected chi connectivity index (χ0v) is 15.0. The molecular weight excluding hydrogens is 340 g/mol. The minimum absolute atomic E-state index is 0.0813. The smallest absolute Gasteiger partial charge is 0.258 e. The van der Waals surface area contributed by atoms with Crippen LogP contribution in [0.4, 0.5) is 0 Å². The van der Waals surface area contributed by atoms with Crippen LogP contribution in [-0.2, 0) is 0 Å². The highest BCUT2D eigenvalue weighted by molar-refractivity contribution is 6.30. The van der Waals surface area contributed by atoms with Gasteiger partial charge in [0.25, 0.3) is 5.91 Å². The van der Waals surface area contributed by atoms with Crippen LogP contribution in [-0.4, -0.2) is 44.7 Å². The predicted octanol–water partition coefficient (Wildman–Crippen LogP) is 3.14. The summed E-state index contributed by atoms with van der Waals surface area (Å²) in [7, 11) is 3.14. The maximum Gasteiger partial charge on any atom is 0.258 e. The van der Waals surface area contributed by atoms with Crippen LogP contribution < -0.4 is 14.8 Å². The van der Waals surface area contributed by atoms with Crippen LogP contribution in [0.2, 0.25) is 5.02 Å². The molecule has 1 saturated heterocycles. The number of piperazine rings is 1. The second kappa shape index (κ2) is 7.76. The van der Waals surface area contributed by atoms with Crippen molar-refractivity contribution in [2.45, 2.75) is 6.04 Å². The van der Waals surface area contributed by atoms with Crippen molar-refractivity contribution in [1.29, 1.82) is 0 Å². The first-order valence-corrected chi connectivity index (χ1v) is 8.51. The van der Waals surface area contributed by atoms with Crippen LogP contribution in [0.5, 0.6) is 11.5 Å². The topological polar surface area (TPSA) is 50.8 Å². The molecule has 1 N–H and O–H groups in total. The van der Waals surface area contributed by atoms with Crippen LogP contribution in [0.3, 0.4) is 0 Å². The molecule has 132 valence electrons. The molecule has 3 rings (SSSR count). The van der Waals surface area contributed by atoms with Crippen LogP contribution in [0.1, 0.15) is 22.0 Å². The quantitative estimate of drug-likeness (QED) is 0.910. The Morgan fingerprint density at radius 2 is 2.04 bits per heavy atom. The number of nitrogens with zero attached hydrogens (tertiary/aromatic N) is 1.